The summed E-state index contributed by atoms with van der Waals surface area (Å²) in [7, 11) is 1.63. The molecule has 0 aliphatic heterocycles. The van der Waals surface area contributed by atoms with Crippen molar-refractivity contribution in [2.75, 3.05) is 7.11 Å². The lowest BCUT2D eigenvalue weighted by molar-refractivity contribution is 0.405. The molecule has 2 unspecified atom stereocenters. The summed E-state index contributed by atoms with van der Waals surface area (Å²) in [4.78, 5) is 1.29. The normalized spacial score (nSPS) is 14.1. The van der Waals surface area contributed by atoms with Crippen LogP contribution in [-0.4, -0.2) is 12.2 Å². The van der Waals surface area contributed by atoms with Crippen LogP contribution in [-0.2, 0) is 0 Å². The number of rotatable bonds is 5. The molecule has 0 bridgehead atoms. The maximum absolute atomic E-state index is 9.95. The molecule has 2 rings (SSSR count). The van der Waals surface area contributed by atoms with Crippen molar-refractivity contribution in [2.45, 2.75) is 25.9 Å². The number of methoxy groups -OCH3 is 1. The summed E-state index contributed by atoms with van der Waals surface area (Å²) >= 11 is 1.73. The number of hydrogen-bond acceptors (Lipinski definition) is 4. The highest BCUT2D eigenvalue weighted by Crippen LogP contribution is 2.30. The molecule has 2 atom stereocenters. The first-order valence-electron chi connectivity index (χ1n) is 6.28. The van der Waals surface area contributed by atoms with Crippen LogP contribution >= 0.6 is 11.3 Å². The van der Waals surface area contributed by atoms with E-state index in [0.717, 1.165) is 11.3 Å². The van der Waals surface area contributed by atoms with Crippen LogP contribution in [0.25, 0.3) is 0 Å². The molecule has 0 saturated heterocycles. The fourth-order valence-electron chi connectivity index (χ4n) is 2.09. The zero-order valence-corrected chi connectivity index (χ0v) is 12.2. The van der Waals surface area contributed by atoms with Gasteiger partial charge >= 0.3 is 0 Å². The molecule has 0 aliphatic carbocycles. The maximum Gasteiger partial charge on any atom is 0.120 e. The number of phenolic OH excluding ortho intramolecular Hbond substituents is 1. The summed E-state index contributed by atoms with van der Waals surface area (Å²) < 4.78 is 5.20. The zero-order chi connectivity index (χ0) is 13.8. The summed E-state index contributed by atoms with van der Waals surface area (Å²) in [6.45, 7) is 4.16. The Hall–Kier alpha value is -1.52. The zero-order valence-electron chi connectivity index (χ0n) is 11.4. The van der Waals surface area contributed by atoms with Crippen LogP contribution in [0.1, 0.15) is 36.4 Å². The van der Waals surface area contributed by atoms with Crippen LogP contribution in [0.4, 0.5) is 0 Å². The highest BCUT2D eigenvalue weighted by Gasteiger charge is 2.15. The first-order valence-corrected chi connectivity index (χ1v) is 7.16. The van der Waals surface area contributed by atoms with Gasteiger partial charge in [-0.1, -0.05) is 6.07 Å². The van der Waals surface area contributed by atoms with Gasteiger partial charge in [0.25, 0.3) is 0 Å². The molecule has 0 radical (unpaired) electrons. The van der Waals surface area contributed by atoms with Crippen molar-refractivity contribution < 1.29 is 9.84 Å². The van der Waals surface area contributed by atoms with Gasteiger partial charge in [-0.2, -0.15) is 0 Å². The van der Waals surface area contributed by atoms with Gasteiger partial charge in [-0.3, -0.25) is 0 Å². The van der Waals surface area contributed by atoms with Gasteiger partial charge in [-0.15, -0.1) is 11.3 Å². The van der Waals surface area contributed by atoms with Crippen LogP contribution < -0.4 is 10.1 Å². The van der Waals surface area contributed by atoms with Crippen molar-refractivity contribution >= 4 is 11.3 Å². The minimum atomic E-state index is 0.0483. The van der Waals surface area contributed by atoms with Crippen molar-refractivity contribution in [3.8, 4) is 11.5 Å². The topological polar surface area (TPSA) is 41.5 Å². The third-order valence-corrected chi connectivity index (χ3v) is 4.23. The minimum absolute atomic E-state index is 0.0483. The summed E-state index contributed by atoms with van der Waals surface area (Å²) in [5.74, 6) is 1.05. The molecule has 19 heavy (non-hydrogen) atoms. The number of phenols is 1. The first kappa shape index (κ1) is 13.9. The van der Waals surface area contributed by atoms with Gasteiger partial charge in [0.05, 0.1) is 7.11 Å². The number of hydrogen-bond donors (Lipinski definition) is 2. The molecule has 1 aromatic heterocycles. The number of benzene rings is 1. The van der Waals surface area contributed by atoms with Gasteiger partial charge < -0.3 is 15.2 Å². The smallest absolute Gasteiger partial charge is 0.120 e. The van der Waals surface area contributed by atoms with E-state index in [4.69, 9.17) is 4.74 Å². The van der Waals surface area contributed by atoms with Crippen LogP contribution in [0.5, 0.6) is 11.5 Å². The number of thiophene rings is 1. The minimum Gasteiger partial charge on any atom is -0.508 e. The Labute approximate surface area is 117 Å². The summed E-state index contributed by atoms with van der Waals surface area (Å²) in [6.07, 6.45) is 0. The van der Waals surface area contributed by atoms with E-state index >= 15 is 0 Å². The highest BCUT2D eigenvalue weighted by atomic mass is 32.1. The van der Waals surface area contributed by atoms with E-state index in [0.29, 0.717) is 5.75 Å². The molecular formula is C15H19NO2S. The van der Waals surface area contributed by atoms with Crippen LogP contribution in [0.15, 0.2) is 35.7 Å². The van der Waals surface area contributed by atoms with E-state index in [-0.39, 0.29) is 12.1 Å². The van der Waals surface area contributed by atoms with Gasteiger partial charge in [0.2, 0.25) is 0 Å². The highest BCUT2D eigenvalue weighted by molar-refractivity contribution is 7.10. The number of aromatic hydroxyl groups is 1. The van der Waals surface area contributed by atoms with Crippen molar-refractivity contribution in [2.24, 2.45) is 0 Å². The first-order chi connectivity index (χ1) is 9.11. The Bertz CT molecular complexity index is 525. The molecule has 0 aliphatic rings. The predicted octanol–water partition coefficient (Wildman–Crippen LogP) is 3.87. The molecule has 4 heteroatoms. The van der Waals surface area contributed by atoms with Crippen LogP contribution in [0.2, 0.25) is 0 Å². The average Bonchev–Trinajstić information content (AvgIpc) is 2.93. The number of nitrogens with one attached hydrogen (secondary N) is 1. The van der Waals surface area contributed by atoms with Gasteiger partial charge in [-0.25, -0.2) is 0 Å². The van der Waals surface area contributed by atoms with E-state index in [9.17, 15) is 5.11 Å². The lowest BCUT2D eigenvalue weighted by Gasteiger charge is -2.20. The average molecular weight is 277 g/mol. The molecule has 0 spiro atoms. The predicted molar refractivity (Wildman–Crippen MR) is 78.9 cm³/mol. The van der Waals surface area contributed by atoms with E-state index in [2.05, 4.69) is 23.7 Å². The van der Waals surface area contributed by atoms with Crippen molar-refractivity contribution in [3.05, 3.63) is 46.2 Å². The molecule has 1 aromatic carbocycles. The Morgan fingerprint density at radius 3 is 2.63 bits per heavy atom. The van der Waals surface area contributed by atoms with Gasteiger partial charge in [0.1, 0.15) is 11.5 Å². The second-order valence-corrected chi connectivity index (χ2v) is 5.53. The van der Waals surface area contributed by atoms with Crippen molar-refractivity contribution in [3.63, 3.8) is 0 Å². The van der Waals surface area contributed by atoms with Gasteiger partial charge in [-0.05, 0) is 43.5 Å². The molecule has 1 heterocycles. The largest absolute Gasteiger partial charge is 0.508 e. The number of ether oxygens (including phenoxy) is 1. The van der Waals surface area contributed by atoms with Gasteiger partial charge in [0, 0.05) is 22.5 Å². The maximum atomic E-state index is 9.95. The molecule has 0 fully saturated rings. The van der Waals surface area contributed by atoms with Gasteiger partial charge in [0.15, 0.2) is 0 Å². The van der Waals surface area contributed by atoms with E-state index < -0.39 is 0 Å². The Kier molecular flexibility index (Phi) is 4.45. The Balaban J connectivity index is 2.13. The van der Waals surface area contributed by atoms with Crippen LogP contribution in [0, 0.1) is 0 Å². The molecule has 3 nitrogen and oxygen atoms in total. The second-order valence-electron chi connectivity index (χ2n) is 4.55. The monoisotopic (exact) mass is 277 g/mol. The summed E-state index contributed by atoms with van der Waals surface area (Å²) in [5.41, 5.74) is 0.850. The van der Waals surface area contributed by atoms with E-state index in [1.165, 1.54) is 4.88 Å². The lowest BCUT2D eigenvalue weighted by Crippen LogP contribution is -2.21. The quantitative estimate of drug-likeness (QED) is 0.871. The summed E-state index contributed by atoms with van der Waals surface area (Å²) in [5, 5.41) is 15.5. The van der Waals surface area contributed by atoms with E-state index in [1.54, 1.807) is 30.6 Å². The van der Waals surface area contributed by atoms with Crippen LogP contribution in [0.3, 0.4) is 0 Å². The molecule has 0 amide bonds. The lowest BCUT2D eigenvalue weighted by atomic mass is 10.1. The molecule has 102 valence electrons. The SMILES string of the molecule is COc1ccc(O)c(C(C)NC(C)c2cccs2)c1. The van der Waals surface area contributed by atoms with Crippen molar-refractivity contribution in [1.82, 2.24) is 5.32 Å². The Morgan fingerprint density at radius 1 is 1.21 bits per heavy atom. The van der Waals surface area contributed by atoms with Crippen molar-refractivity contribution in [1.29, 1.82) is 0 Å². The molecule has 2 aromatic rings. The summed E-state index contributed by atoms with van der Waals surface area (Å²) in [6, 6.07) is 9.75. The molecule has 2 N–H and O–H groups in total. The molecule has 0 saturated carbocycles. The second kappa shape index (κ2) is 6.08. The standard InChI is InChI=1S/C15H19NO2S/c1-10(16-11(2)15-5-4-8-19-15)13-9-12(18-3)6-7-14(13)17/h4-11,16-17H,1-3H3. The fraction of sp³-hybridized carbons (Fsp3) is 0.333. The molecular weight excluding hydrogens is 258 g/mol. The fourth-order valence-corrected chi connectivity index (χ4v) is 2.83. The van der Waals surface area contributed by atoms with E-state index in [1.807, 2.05) is 19.1 Å². The third-order valence-electron chi connectivity index (χ3n) is 3.17. The Morgan fingerprint density at radius 2 is 2.00 bits per heavy atom. The third kappa shape index (κ3) is 3.28.